The molecular formula is C18H19ClN2O3. The highest BCUT2D eigenvalue weighted by Gasteiger charge is 2.26. The first kappa shape index (κ1) is 16.6. The average Bonchev–Trinajstić information content (AvgIpc) is 2.63. The average molecular weight is 347 g/mol. The first-order valence-corrected chi connectivity index (χ1v) is 8.26. The van der Waals surface area contributed by atoms with Gasteiger partial charge < -0.3 is 14.4 Å². The van der Waals surface area contributed by atoms with Crippen molar-refractivity contribution in [2.75, 3.05) is 20.2 Å². The number of amides is 1. The highest BCUT2D eigenvalue weighted by molar-refractivity contribution is 6.32. The summed E-state index contributed by atoms with van der Waals surface area (Å²) in [5, 5.41) is 0.608. The molecule has 0 aliphatic carbocycles. The second-order valence-electron chi connectivity index (χ2n) is 5.60. The predicted molar refractivity (Wildman–Crippen MR) is 91.8 cm³/mol. The third-order valence-corrected chi connectivity index (χ3v) is 4.37. The quantitative estimate of drug-likeness (QED) is 0.851. The van der Waals surface area contributed by atoms with Gasteiger partial charge in [0.15, 0.2) is 0 Å². The molecule has 1 fully saturated rings. The van der Waals surface area contributed by atoms with Crippen molar-refractivity contribution in [3.8, 4) is 11.6 Å². The number of ether oxygens (including phenoxy) is 2. The van der Waals surface area contributed by atoms with E-state index in [-0.39, 0.29) is 12.0 Å². The van der Waals surface area contributed by atoms with Gasteiger partial charge in [0, 0.05) is 32.1 Å². The summed E-state index contributed by atoms with van der Waals surface area (Å²) in [7, 11) is 1.52. The third kappa shape index (κ3) is 3.62. The SMILES string of the molecule is COc1ncccc1C(=O)N1CCC(Oc2ccccc2Cl)CC1. The molecule has 3 rings (SSSR count). The molecule has 0 radical (unpaired) electrons. The minimum Gasteiger partial charge on any atom is -0.489 e. The van der Waals surface area contributed by atoms with E-state index in [2.05, 4.69) is 4.98 Å². The van der Waals surface area contributed by atoms with Crippen molar-refractivity contribution in [3.63, 3.8) is 0 Å². The van der Waals surface area contributed by atoms with Crippen LogP contribution in [0.4, 0.5) is 0 Å². The zero-order valence-corrected chi connectivity index (χ0v) is 14.2. The van der Waals surface area contributed by atoms with Crippen LogP contribution in [0.5, 0.6) is 11.6 Å². The van der Waals surface area contributed by atoms with Crippen LogP contribution in [0.1, 0.15) is 23.2 Å². The van der Waals surface area contributed by atoms with Crippen LogP contribution in [-0.4, -0.2) is 42.1 Å². The van der Waals surface area contributed by atoms with Crippen LogP contribution in [-0.2, 0) is 0 Å². The van der Waals surface area contributed by atoms with Crippen molar-refractivity contribution in [3.05, 3.63) is 53.2 Å². The zero-order valence-electron chi connectivity index (χ0n) is 13.4. The smallest absolute Gasteiger partial charge is 0.259 e. The first-order valence-electron chi connectivity index (χ1n) is 7.88. The lowest BCUT2D eigenvalue weighted by Gasteiger charge is -2.32. The van der Waals surface area contributed by atoms with E-state index in [1.165, 1.54) is 7.11 Å². The maximum Gasteiger partial charge on any atom is 0.259 e. The topological polar surface area (TPSA) is 51.7 Å². The number of nitrogens with zero attached hydrogens (tertiary/aromatic N) is 2. The van der Waals surface area contributed by atoms with Gasteiger partial charge in [0.1, 0.15) is 17.4 Å². The van der Waals surface area contributed by atoms with Crippen LogP contribution in [0.25, 0.3) is 0 Å². The van der Waals surface area contributed by atoms with Gasteiger partial charge in [-0.05, 0) is 24.3 Å². The molecule has 0 atom stereocenters. The number of carbonyl (C=O) groups excluding carboxylic acids is 1. The molecule has 1 saturated heterocycles. The number of aromatic nitrogens is 1. The third-order valence-electron chi connectivity index (χ3n) is 4.05. The Labute approximate surface area is 146 Å². The van der Waals surface area contributed by atoms with Crippen LogP contribution >= 0.6 is 11.6 Å². The van der Waals surface area contributed by atoms with Crippen LogP contribution in [0.2, 0.25) is 5.02 Å². The summed E-state index contributed by atoms with van der Waals surface area (Å²) in [6, 6.07) is 10.9. The van der Waals surface area contributed by atoms with Gasteiger partial charge in [-0.25, -0.2) is 4.98 Å². The Hall–Kier alpha value is -2.27. The fraction of sp³-hybridized carbons (Fsp3) is 0.333. The molecule has 0 N–H and O–H groups in total. The van der Waals surface area contributed by atoms with E-state index in [9.17, 15) is 4.79 Å². The van der Waals surface area contributed by atoms with Gasteiger partial charge >= 0.3 is 0 Å². The van der Waals surface area contributed by atoms with Crippen LogP contribution in [0.15, 0.2) is 42.6 Å². The van der Waals surface area contributed by atoms with Gasteiger partial charge in [-0.1, -0.05) is 23.7 Å². The molecule has 126 valence electrons. The van der Waals surface area contributed by atoms with Gasteiger partial charge in [0.25, 0.3) is 5.91 Å². The van der Waals surface area contributed by atoms with E-state index >= 15 is 0 Å². The van der Waals surface area contributed by atoms with E-state index < -0.39 is 0 Å². The molecule has 0 saturated carbocycles. The summed E-state index contributed by atoms with van der Waals surface area (Å²) in [5.74, 6) is 0.992. The lowest BCUT2D eigenvalue weighted by molar-refractivity contribution is 0.0592. The molecule has 1 aliphatic rings. The molecule has 1 amide bonds. The molecule has 5 nitrogen and oxygen atoms in total. The number of methoxy groups -OCH3 is 1. The molecule has 0 unspecified atom stereocenters. The van der Waals surface area contributed by atoms with E-state index in [1.54, 1.807) is 18.3 Å². The van der Waals surface area contributed by atoms with Crippen LogP contribution < -0.4 is 9.47 Å². The van der Waals surface area contributed by atoms with Crippen molar-refractivity contribution in [1.82, 2.24) is 9.88 Å². The molecule has 2 aromatic rings. The van der Waals surface area contributed by atoms with E-state index in [1.807, 2.05) is 29.2 Å². The molecular weight excluding hydrogens is 328 g/mol. The number of carbonyl (C=O) groups is 1. The van der Waals surface area contributed by atoms with Gasteiger partial charge in [-0.3, -0.25) is 4.79 Å². The van der Waals surface area contributed by atoms with Gasteiger partial charge in [-0.2, -0.15) is 0 Å². The van der Waals surface area contributed by atoms with Gasteiger partial charge in [0.2, 0.25) is 5.88 Å². The van der Waals surface area contributed by atoms with Crippen LogP contribution in [0.3, 0.4) is 0 Å². The van der Waals surface area contributed by atoms with Crippen LogP contribution in [0, 0.1) is 0 Å². The number of pyridine rings is 1. The fourth-order valence-electron chi connectivity index (χ4n) is 2.78. The second-order valence-corrected chi connectivity index (χ2v) is 6.01. The molecule has 1 aliphatic heterocycles. The van der Waals surface area contributed by atoms with Crippen molar-refractivity contribution in [2.45, 2.75) is 18.9 Å². The largest absolute Gasteiger partial charge is 0.489 e. The lowest BCUT2D eigenvalue weighted by atomic mass is 10.1. The lowest BCUT2D eigenvalue weighted by Crippen LogP contribution is -2.42. The Balaban J connectivity index is 1.61. The second kappa shape index (κ2) is 7.53. The number of hydrogen-bond acceptors (Lipinski definition) is 4. The molecule has 1 aromatic heterocycles. The Morgan fingerprint density at radius 3 is 2.67 bits per heavy atom. The van der Waals surface area contributed by atoms with E-state index in [0.29, 0.717) is 35.3 Å². The van der Waals surface area contributed by atoms with Crippen molar-refractivity contribution < 1.29 is 14.3 Å². The standard InChI is InChI=1S/C18H19ClN2O3/c1-23-17-14(5-4-10-20-17)18(22)21-11-8-13(9-12-21)24-16-7-3-2-6-15(16)19/h2-7,10,13H,8-9,11-12H2,1H3. The number of likely N-dealkylation sites (tertiary alicyclic amines) is 1. The monoisotopic (exact) mass is 346 g/mol. The molecule has 24 heavy (non-hydrogen) atoms. The number of rotatable bonds is 4. The summed E-state index contributed by atoms with van der Waals surface area (Å²) < 4.78 is 11.1. The number of para-hydroxylation sites is 1. The molecule has 1 aromatic carbocycles. The minimum absolute atomic E-state index is 0.0591. The highest BCUT2D eigenvalue weighted by Crippen LogP contribution is 2.27. The van der Waals surface area contributed by atoms with Gasteiger partial charge in [0.05, 0.1) is 12.1 Å². The van der Waals surface area contributed by atoms with Gasteiger partial charge in [-0.15, -0.1) is 0 Å². The summed E-state index contributed by atoms with van der Waals surface area (Å²) in [4.78, 5) is 18.5. The zero-order chi connectivity index (χ0) is 16.9. The Kier molecular flexibility index (Phi) is 5.20. The maximum absolute atomic E-state index is 12.6. The molecule has 0 spiro atoms. The maximum atomic E-state index is 12.6. The Bertz CT molecular complexity index is 715. The predicted octanol–water partition coefficient (Wildman–Crippen LogP) is 3.43. The number of hydrogen-bond donors (Lipinski definition) is 0. The molecule has 0 bridgehead atoms. The normalized spacial score (nSPS) is 15.2. The summed E-state index contributed by atoms with van der Waals surface area (Å²) in [6.45, 7) is 1.26. The summed E-state index contributed by atoms with van der Waals surface area (Å²) >= 11 is 6.13. The van der Waals surface area contributed by atoms with Crippen molar-refractivity contribution >= 4 is 17.5 Å². The number of benzene rings is 1. The summed E-state index contributed by atoms with van der Waals surface area (Å²) in [6.07, 6.45) is 3.20. The molecule has 6 heteroatoms. The highest BCUT2D eigenvalue weighted by atomic mass is 35.5. The first-order chi connectivity index (χ1) is 11.7. The fourth-order valence-corrected chi connectivity index (χ4v) is 2.96. The van der Waals surface area contributed by atoms with E-state index in [0.717, 1.165) is 12.8 Å². The Morgan fingerprint density at radius 1 is 1.21 bits per heavy atom. The van der Waals surface area contributed by atoms with E-state index in [4.69, 9.17) is 21.1 Å². The van der Waals surface area contributed by atoms with Crippen molar-refractivity contribution in [2.24, 2.45) is 0 Å². The summed E-state index contributed by atoms with van der Waals surface area (Å²) in [5.41, 5.74) is 0.491. The molecule has 2 heterocycles. The minimum atomic E-state index is -0.0591. The van der Waals surface area contributed by atoms with Crippen molar-refractivity contribution in [1.29, 1.82) is 0 Å². The number of piperidine rings is 1. The number of halogens is 1. The Morgan fingerprint density at radius 2 is 1.96 bits per heavy atom.